The van der Waals surface area contributed by atoms with E-state index in [2.05, 4.69) is 17.0 Å². The van der Waals surface area contributed by atoms with Crippen LogP contribution in [0.1, 0.15) is 47.6 Å². The van der Waals surface area contributed by atoms with Crippen molar-refractivity contribution in [3.05, 3.63) is 59.5 Å². The highest BCUT2D eigenvalue weighted by Gasteiger charge is 2.47. The number of piperidine rings is 1. The lowest BCUT2D eigenvalue weighted by Crippen LogP contribution is -2.53. The zero-order chi connectivity index (χ0) is 18.1. The van der Waals surface area contributed by atoms with E-state index in [1.54, 1.807) is 6.07 Å². The van der Waals surface area contributed by atoms with Crippen LogP contribution in [0, 0.1) is 6.92 Å². The van der Waals surface area contributed by atoms with E-state index in [4.69, 9.17) is 4.42 Å². The molecule has 0 N–H and O–H groups in total. The number of furan rings is 1. The summed E-state index contributed by atoms with van der Waals surface area (Å²) in [5.74, 6) is 1.33. The van der Waals surface area contributed by atoms with E-state index in [0.717, 1.165) is 30.6 Å². The van der Waals surface area contributed by atoms with Crippen molar-refractivity contribution in [1.29, 1.82) is 0 Å². The third-order valence-electron chi connectivity index (χ3n) is 5.79. The summed E-state index contributed by atoms with van der Waals surface area (Å²) < 4.78 is 5.48. The highest BCUT2D eigenvalue weighted by molar-refractivity contribution is 5.91. The van der Waals surface area contributed by atoms with Crippen LogP contribution in [0.5, 0.6) is 0 Å². The first-order chi connectivity index (χ1) is 12.6. The van der Waals surface area contributed by atoms with Gasteiger partial charge in [-0.05, 0) is 43.9 Å². The molecule has 2 aliphatic rings. The number of carbonyl (C=O) groups is 2. The molecule has 26 heavy (non-hydrogen) atoms. The van der Waals surface area contributed by atoms with Gasteiger partial charge in [-0.25, -0.2) is 0 Å². The van der Waals surface area contributed by atoms with Crippen molar-refractivity contribution < 1.29 is 14.0 Å². The van der Waals surface area contributed by atoms with Gasteiger partial charge in [0.2, 0.25) is 5.91 Å². The highest BCUT2D eigenvalue weighted by atomic mass is 16.3. The van der Waals surface area contributed by atoms with Crippen molar-refractivity contribution >= 4 is 11.8 Å². The molecule has 2 fully saturated rings. The molecule has 136 valence electrons. The summed E-state index contributed by atoms with van der Waals surface area (Å²) in [5.41, 5.74) is 1.05. The number of hydrogen-bond donors (Lipinski definition) is 0. The predicted octanol–water partition coefficient (Wildman–Crippen LogP) is 3.39. The van der Waals surface area contributed by atoms with E-state index < -0.39 is 0 Å². The fraction of sp³-hybridized carbons (Fsp3) is 0.429. The van der Waals surface area contributed by atoms with Crippen molar-refractivity contribution in [2.45, 2.75) is 44.7 Å². The van der Waals surface area contributed by atoms with Gasteiger partial charge in [0.1, 0.15) is 5.76 Å². The summed E-state index contributed by atoms with van der Waals surface area (Å²) >= 11 is 0. The lowest BCUT2D eigenvalue weighted by atomic mass is 9.84. The molecule has 2 amide bonds. The Morgan fingerprint density at radius 1 is 1.08 bits per heavy atom. The molecule has 4 rings (SSSR count). The third-order valence-corrected chi connectivity index (χ3v) is 5.79. The Morgan fingerprint density at radius 2 is 1.81 bits per heavy atom. The molecule has 2 aromatic rings. The maximum absolute atomic E-state index is 12.6. The van der Waals surface area contributed by atoms with Crippen molar-refractivity contribution in [3.8, 4) is 0 Å². The van der Waals surface area contributed by atoms with Gasteiger partial charge in [-0.15, -0.1) is 0 Å². The molecule has 0 radical (unpaired) electrons. The number of benzene rings is 1. The number of likely N-dealkylation sites (tertiary alicyclic amines) is 2. The summed E-state index contributed by atoms with van der Waals surface area (Å²) in [5, 5.41) is 0. The molecule has 0 bridgehead atoms. The van der Waals surface area contributed by atoms with Crippen LogP contribution in [0.2, 0.25) is 0 Å². The van der Waals surface area contributed by atoms with Gasteiger partial charge >= 0.3 is 0 Å². The largest absolute Gasteiger partial charge is 0.456 e. The Kier molecular flexibility index (Phi) is 4.31. The van der Waals surface area contributed by atoms with Gasteiger partial charge in [0, 0.05) is 31.6 Å². The monoisotopic (exact) mass is 352 g/mol. The van der Waals surface area contributed by atoms with Gasteiger partial charge in [0.05, 0.1) is 0 Å². The summed E-state index contributed by atoms with van der Waals surface area (Å²) in [6.45, 7) is 3.83. The SMILES string of the molecule is Cc1ccc(C(=O)N2CCC3(CCC(=O)N3Cc3ccccc3)CC2)o1. The fourth-order valence-electron chi connectivity index (χ4n) is 4.25. The molecule has 1 spiro atoms. The first-order valence-corrected chi connectivity index (χ1v) is 9.28. The molecular formula is C21H24N2O3. The molecule has 0 atom stereocenters. The van der Waals surface area contributed by atoms with Gasteiger partial charge in [0.25, 0.3) is 5.91 Å². The van der Waals surface area contributed by atoms with Crippen LogP contribution in [0.4, 0.5) is 0 Å². The lowest BCUT2D eigenvalue weighted by molar-refractivity contribution is -0.133. The highest BCUT2D eigenvalue weighted by Crippen LogP contribution is 2.40. The third kappa shape index (κ3) is 3.02. The minimum Gasteiger partial charge on any atom is -0.456 e. The summed E-state index contributed by atoms with van der Waals surface area (Å²) in [6.07, 6.45) is 3.16. The zero-order valence-electron chi connectivity index (χ0n) is 15.1. The van der Waals surface area contributed by atoms with E-state index in [1.165, 1.54) is 0 Å². The van der Waals surface area contributed by atoms with Gasteiger partial charge in [-0.3, -0.25) is 9.59 Å². The summed E-state index contributed by atoms with van der Waals surface area (Å²) in [7, 11) is 0. The molecular weight excluding hydrogens is 328 g/mol. The molecule has 2 saturated heterocycles. The molecule has 1 aromatic carbocycles. The maximum Gasteiger partial charge on any atom is 0.289 e. The van der Waals surface area contributed by atoms with Crippen LogP contribution >= 0.6 is 0 Å². The van der Waals surface area contributed by atoms with E-state index >= 15 is 0 Å². The second-order valence-electron chi connectivity index (χ2n) is 7.39. The first-order valence-electron chi connectivity index (χ1n) is 9.28. The van der Waals surface area contributed by atoms with Crippen LogP contribution in [-0.2, 0) is 11.3 Å². The number of carbonyl (C=O) groups excluding carboxylic acids is 2. The van der Waals surface area contributed by atoms with E-state index in [-0.39, 0.29) is 17.4 Å². The second kappa shape index (κ2) is 6.63. The minimum atomic E-state index is -0.108. The van der Waals surface area contributed by atoms with E-state index in [0.29, 0.717) is 31.8 Å². The van der Waals surface area contributed by atoms with Crippen LogP contribution in [0.3, 0.4) is 0 Å². The first kappa shape index (κ1) is 16.9. The molecule has 0 aliphatic carbocycles. The smallest absolute Gasteiger partial charge is 0.289 e. The van der Waals surface area contributed by atoms with Gasteiger partial charge < -0.3 is 14.2 Å². The van der Waals surface area contributed by atoms with Crippen LogP contribution < -0.4 is 0 Å². The average Bonchev–Trinajstić information content (AvgIpc) is 3.22. The number of hydrogen-bond acceptors (Lipinski definition) is 3. The van der Waals surface area contributed by atoms with Crippen LogP contribution in [-0.4, -0.2) is 40.2 Å². The van der Waals surface area contributed by atoms with Crippen LogP contribution in [0.15, 0.2) is 46.9 Å². The standard InChI is InChI=1S/C21H24N2O3/c1-16-7-8-18(26-16)20(25)22-13-11-21(12-14-22)10-9-19(24)23(21)15-17-5-3-2-4-6-17/h2-8H,9-15H2,1H3. The quantitative estimate of drug-likeness (QED) is 0.851. The number of amides is 2. The predicted molar refractivity (Wildman–Crippen MR) is 97.5 cm³/mol. The molecule has 5 heteroatoms. The molecule has 0 saturated carbocycles. The van der Waals surface area contributed by atoms with Gasteiger partial charge in [-0.2, -0.15) is 0 Å². The zero-order valence-corrected chi connectivity index (χ0v) is 15.1. The Balaban J connectivity index is 1.46. The second-order valence-corrected chi connectivity index (χ2v) is 7.39. The number of nitrogens with zero attached hydrogens (tertiary/aromatic N) is 2. The minimum absolute atomic E-state index is 0.0492. The van der Waals surface area contributed by atoms with Crippen molar-refractivity contribution in [2.75, 3.05) is 13.1 Å². The van der Waals surface area contributed by atoms with Gasteiger partial charge in [-0.1, -0.05) is 30.3 Å². The molecule has 1 aromatic heterocycles. The van der Waals surface area contributed by atoms with E-state index in [9.17, 15) is 9.59 Å². The molecule has 3 heterocycles. The topological polar surface area (TPSA) is 53.8 Å². The molecule has 5 nitrogen and oxygen atoms in total. The molecule has 0 unspecified atom stereocenters. The van der Waals surface area contributed by atoms with Gasteiger partial charge in [0.15, 0.2) is 5.76 Å². The Bertz CT molecular complexity index is 804. The summed E-state index contributed by atoms with van der Waals surface area (Å²) in [4.78, 5) is 29.0. The average molecular weight is 352 g/mol. The lowest BCUT2D eigenvalue weighted by Gasteiger charge is -2.45. The number of rotatable bonds is 3. The van der Waals surface area contributed by atoms with E-state index in [1.807, 2.05) is 36.1 Å². The Morgan fingerprint density at radius 3 is 2.46 bits per heavy atom. The number of aryl methyl sites for hydroxylation is 1. The van der Waals surface area contributed by atoms with Crippen molar-refractivity contribution in [2.24, 2.45) is 0 Å². The van der Waals surface area contributed by atoms with Crippen molar-refractivity contribution in [1.82, 2.24) is 9.80 Å². The molecule has 2 aliphatic heterocycles. The maximum atomic E-state index is 12.6. The van der Waals surface area contributed by atoms with Crippen molar-refractivity contribution in [3.63, 3.8) is 0 Å². The fourth-order valence-corrected chi connectivity index (χ4v) is 4.25. The summed E-state index contributed by atoms with van der Waals surface area (Å²) in [6, 6.07) is 13.7. The Hall–Kier alpha value is -2.56. The van der Waals surface area contributed by atoms with Crippen LogP contribution in [0.25, 0.3) is 0 Å². The normalized spacial score (nSPS) is 19.3. The Labute approximate surface area is 153 Å².